The summed E-state index contributed by atoms with van der Waals surface area (Å²) in [5.74, 6) is 0.452. The van der Waals surface area contributed by atoms with Gasteiger partial charge < -0.3 is 15.4 Å². The number of hydrogen-bond acceptors (Lipinski definition) is 6. The fourth-order valence-corrected chi connectivity index (χ4v) is 3.81. The van der Waals surface area contributed by atoms with Crippen molar-refractivity contribution >= 4 is 49.8 Å². The highest BCUT2D eigenvalue weighted by atomic mass is 32.1. The summed E-state index contributed by atoms with van der Waals surface area (Å²) in [6, 6.07) is 7.43. The molecule has 6 nitrogen and oxygen atoms in total. The van der Waals surface area contributed by atoms with Gasteiger partial charge in [0.1, 0.15) is 11.3 Å². The number of ether oxygens (including phenoxy) is 1. The molecule has 2 amide bonds. The van der Waals surface area contributed by atoms with E-state index in [0.29, 0.717) is 35.8 Å². The third-order valence-corrected chi connectivity index (χ3v) is 5.12. The van der Waals surface area contributed by atoms with Crippen LogP contribution in [0.5, 0.6) is 5.75 Å². The van der Waals surface area contributed by atoms with Gasteiger partial charge in [-0.1, -0.05) is 17.4 Å². The summed E-state index contributed by atoms with van der Waals surface area (Å²) < 4.78 is 6.23. The van der Waals surface area contributed by atoms with Gasteiger partial charge in [0.15, 0.2) is 5.13 Å². The molecule has 0 radical (unpaired) electrons. The lowest BCUT2D eigenvalue weighted by molar-refractivity contribution is -0.116. The van der Waals surface area contributed by atoms with Crippen LogP contribution in [0.4, 0.5) is 5.13 Å². The Bertz CT molecular complexity index is 875. The van der Waals surface area contributed by atoms with Crippen LogP contribution in [0.15, 0.2) is 35.0 Å². The fourth-order valence-electron chi connectivity index (χ4n) is 2.27. The first-order valence-corrected chi connectivity index (χ1v) is 9.47. The van der Waals surface area contributed by atoms with Crippen LogP contribution >= 0.6 is 22.7 Å². The fraction of sp³-hybridized carbons (Fsp3) is 0.235. The number of carbonyl (C=O) groups is 2. The second-order valence-electron chi connectivity index (χ2n) is 5.25. The molecule has 8 heteroatoms. The molecule has 25 heavy (non-hydrogen) atoms. The third kappa shape index (κ3) is 4.34. The Hall–Kier alpha value is -2.45. The molecule has 0 saturated heterocycles. The standard InChI is InChI=1S/C17H17N3O3S2/c1-23-12-4-2-5-13-15(12)20-17(25-13)19-14(21)6-3-8-18-16(22)11-7-9-24-10-11/h2,4-5,7,9-10H,3,6,8H2,1H3,(H,18,22)(H,19,20,21). The van der Waals surface area contributed by atoms with E-state index in [2.05, 4.69) is 15.6 Å². The summed E-state index contributed by atoms with van der Waals surface area (Å²) in [6.45, 7) is 0.454. The summed E-state index contributed by atoms with van der Waals surface area (Å²) in [7, 11) is 1.59. The normalized spacial score (nSPS) is 10.6. The quantitative estimate of drug-likeness (QED) is 0.619. The molecule has 0 atom stereocenters. The molecule has 130 valence electrons. The number of methoxy groups -OCH3 is 1. The number of amides is 2. The molecule has 0 aliphatic carbocycles. The molecular weight excluding hydrogens is 358 g/mol. The molecule has 3 rings (SSSR count). The molecule has 0 aliphatic rings. The lowest BCUT2D eigenvalue weighted by atomic mass is 10.2. The number of carbonyl (C=O) groups excluding carboxylic acids is 2. The lowest BCUT2D eigenvalue weighted by Gasteiger charge is -2.04. The SMILES string of the molecule is COc1cccc2sc(NC(=O)CCCNC(=O)c3ccsc3)nc12. The highest BCUT2D eigenvalue weighted by Gasteiger charge is 2.11. The molecule has 0 saturated carbocycles. The van der Waals surface area contributed by atoms with E-state index in [1.165, 1.54) is 22.7 Å². The number of nitrogens with one attached hydrogen (secondary N) is 2. The molecule has 2 heterocycles. The average molecular weight is 375 g/mol. The zero-order valence-electron chi connectivity index (χ0n) is 13.6. The molecule has 3 aromatic rings. The predicted octanol–water partition coefficient (Wildman–Crippen LogP) is 3.52. The molecule has 0 fully saturated rings. The van der Waals surface area contributed by atoms with E-state index in [0.717, 1.165) is 10.2 Å². The van der Waals surface area contributed by atoms with Crippen LogP contribution in [0, 0.1) is 0 Å². The summed E-state index contributed by atoms with van der Waals surface area (Å²) in [6.07, 6.45) is 0.882. The monoisotopic (exact) mass is 375 g/mol. The molecule has 0 spiro atoms. The van der Waals surface area contributed by atoms with Crippen molar-refractivity contribution in [2.45, 2.75) is 12.8 Å². The maximum atomic E-state index is 12.0. The van der Waals surface area contributed by atoms with E-state index in [-0.39, 0.29) is 11.8 Å². The summed E-state index contributed by atoms with van der Waals surface area (Å²) in [4.78, 5) is 28.2. The van der Waals surface area contributed by atoms with E-state index in [9.17, 15) is 9.59 Å². The molecule has 0 unspecified atom stereocenters. The Morgan fingerprint density at radius 2 is 2.16 bits per heavy atom. The lowest BCUT2D eigenvalue weighted by Crippen LogP contribution is -2.25. The number of anilines is 1. The summed E-state index contributed by atoms with van der Waals surface area (Å²) in [5.41, 5.74) is 1.39. The van der Waals surface area contributed by atoms with Gasteiger partial charge in [-0.15, -0.1) is 0 Å². The van der Waals surface area contributed by atoms with Gasteiger partial charge in [0, 0.05) is 23.9 Å². The van der Waals surface area contributed by atoms with Crippen molar-refractivity contribution in [3.05, 3.63) is 40.6 Å². The number of thiazole rings is 1. The highest BCUT2D eigenvalue weighted by molar-refractivity contribution is 7.22. The van der Waals surface area contributed by atoms with E-state index < -0.39 is 0 Å². The molecule has 0 bridgehead atoms. The number of fused-ring (bicyclic) bond motifs is 1. The van der Waals surface area contributed by atoms with Crippen molar-refractivity contribution in [3.63, 3.8) is 0 Å². The Balaban J connectivity index is 1.47. The predicted molar refractivity (Wildman–Crippen MR) is 101 cm³/mol. The van der Waals surface area contributed by atoms with Gasteiger partial charge in [-0.2, -0.15) is 11.3 Å². The van der Waals surface area contributed by atoms with E-state index in [4.69, 9.17) is 4.74 Å². The van der Waals surface area contributed by atoms with Gasteiger partial charge in [0.25, 0.3) is 5.91 Å². The number of aromatic nitrogens is 1. The van der Waals surface area contributed by atoms with Crippen LogP contribution in [-0.4, -0.2) is 30.5 Å². The van der Waals surface area contributed by atoms with Crippen molar-refractivity contribution in [2.75, 3.05) is 19.0 Å². The average Bonchev–Trinajstić information content (AvgIpc) is 3.27. The van der Waals surface area contributed by atoms with Crippen LogP contribution in [0.2, 0.25) is 0 Å². The van der Waals surface area contributed by atoms with E-state index >= 15 is 0 Å². The van der Waals surface area contributed by atoms with Crippen LogP contribution in [0.1, 0.15) is 23.2 Å². The first-order valence-electron chi connectivity index (χ1n) is 7.71. The van der Waals surface area contributed by atoms with Crippen molar-refractivity contribution in [3.8, 4) is 5.75 Å². The van der Waals surface area contributed by atoms with Crippen molar-refractivity contribution in [1.82, 2.24) is 10.3 Å². The largest absolute Gasteiger partial charge is 0.494 e. The van der Waals surface area contributed by atoms with Crippen molar-refractivity contribution < 1.29 is 14.3 Å². The second kappa shape index (κ2) is 8.09. The zero-order valence-corrected chi connectivity index (χ0v) is 15.2. The molecule has 2 aromatic heterocycles. The van der Waals surface area contributed by atoms with Crippen molar-refractivity contribution in [1.29, 1.82) is 0 Å². The van der Waals surface area contributed by atoms with Gasteiger partial charge in [-0.3, -0.25) is 9.59 Å². The molecular formula is C17H17N3O3S2. The third-order valence-electron chi connectivity index (χ3n) is 3.50. The summed E-state index contributed by atoms with van der Waals surface area (Å²) >= 11 is 2.88. The van der Waals surface area contributed by atoms with Gasteiger partial charge in [0.2, 0.25) is 5.91 Å². The maximum Gasteiger partial charge on any atom is 0.252 e. The molecule has 0 aliphatic heterocycles. The van der Waals surface area contributed by atoms with Crippen LogP contribution in [-0.2, 0) is 4.79 Å². The summed E-state index contributed by atoms with van der Waals surface area (Å²) in [5, 5.41) is 9.80. The van der Waals surface area contributed by atoms with Crippen LogP contribution < -0.4 is 15.4 Å². The highest BCUT2D eigenvalue weighted by Crippen LogP contribution is 2.32. The number of hydrogen-bond donors (Lipinski definition) is 2. The number of benzene rings is 1. The Labute approximate surface area is 152 Å². The minimum atomic E-state index is -0.122. The van der Waals surface area contributed by atoms with Gasteiger partial charge >= 0.3 is 0 Å². The topological polar surface area (TPSA) is 80.3 Å². The van der Waals surface area contributed by atoms with Crippen molar-refractivity contribution in [2.24, 2.45) is 0 Å². The van der Waals surface area contributed by atoms with Crippen LogP contribution in [0.3, 0.4) is 0 Å². The minimum absolute atomic E-state index is 0.111. The molecule has 1 aromatic carbocycles. The smallest absolute Gasteiger partial charge is 0.252 e. The van der Waals surface area contributed by atoms with Gasteiger partial charge in [-0.05, 0) is 30.0 Å². The second-order valence-corrected chi connectivity index (χ2v) is 7.06. The Morgan fingerprint density at radius 1 is 1.28 bits per heavy atom. The number of thiophene rings is 1. The molecule has 2 N–H and O–H groups in total. The Morgan fingerprint density at radius 3 is 2.92 bits per heavy atom. The first-order chi connectivity index (χ1) is 12.2. The minimum Gasteiger partial charge on any atom is -0.494 e. The van der Waals surface area contributed by atoms with Gasteiger partial charge in [-0.25, -0.2) is 4.98 Å². The number of nitrogens with zero attached hydrogens (tertiary/aromatic N) is 1. The maximum absolute atomic E-state index is 12.0. The van der Waals surface area contributed by atoms with Crippen LogP contribution in [0.25, 0.3) is 10.2 Å². The number of rotatable bonds is 7. The Kier molecular flexibility index (Phi) is 5.62. The number of para-hydroxylation sites is 1. The van der Waals surface area contributed by atoms with E-state index in [1.807, 2.05) is 23.6 Å². The van der Waals surface area contributed by atoms with E-state index in [1.54, 1.807) is 18.6 Å². The zero-order chi connectivity index (χ0) is 17.6. The first kappa shape index (κ1) is 17.4. The van der Waals surface area contributed by atoms with Gasteiger partial charge in [0.05, 0.1) is 11.8 Å².